The number of halogens is 1. The number of aryl methyl sites for hydroxylation is 1. The largest absolute Gasteiger partial charge is 0.322 e. The number of carbonyl (C=O) groups excluding carboxylic acids is 2. The topological polar surface area (TPSA) is 71.1 Å². The Balaban J connectivity index is 1.77. The number of rotatable bonds is 4. The molecule has 1 heterocycles. The average Bonchev–Trinajstić information content (AvgIpc) is 2.66. The molecule has 1 aromatic heterocycles. The fraction of sp³-hybridized carbons (Fsp3) is 0.0500. The number of amides is 2. The van der Waals surface area contributed by atoms with Gasteiger partial charge in [-0.3, -0.25) is 9.59 Å². The first-order valence-corrected chi connectivity index (χ1v) is 8.31. The van der Waals surface area contributed by atoms with Crippen LogP contribution in [0.2, 0.25) is 5.02 Å². The van der Waals surface area contributed by atoms with Gasteiger partial charge >= 0.3 is 0 Å². The maximum absolute atomic E-state index is 12.4. The van der Waals surface area contributed by atoms with E-state index in [0.29, 0.717) is 27.7 Å². The third kappa shape index (κ3) is 4.26. The fourth-order valence-electron chi connectivity index (χ4n) is 2.32. The Labute approximate surface area is 156 Å². The van der Waals surface area contributed by atoms with Crippen LogP contribution in [-0.2, 0) is 0 Å². The van der Waals surface area contributed by atoms with Crippen LogP contribution in [-0.4, -0.2) is 16.8 Å². The Bertz CT molecular complexity index is 941. The van der Waals surface area contributed by atoms with E-state index < -0.39 is 0 Å². The molecule has 0 bridgehead atoms. The average molecular weight is 366 g/mol. The third-order valence-electron chi connectivity index (χ3n) is 3.75. The second-order valence-electron chi connectivity index (χ2n) is 5.67. The number of pyridine rings is 1. The second kappa shape index (κ2) is 7.80. The van der Waals surface area contributed by atoms with Crippen molar-refractivity contribution in [3.63, 3.8) is 0 Å². The molecule has 0 saturated carbocycles. The zero-order valence-electron chi connectivity index (χ0n) is 14.0. The van der Waals surface area contributed by atoms with Crippen molar-refractivity contribution >= 4 is 34.9 Å². The standard InChI is InChI=1S/C20H16ClN3O2/c1-13-7-8-15(20(26)24-18-10-9-16(21)12-22-18)11-17(13)23-19(25)14-5-3-2-4-6-14/h2-12H,1H3,(H,23,25)(H,22,24,26). The molecule has 0 radical (unpaired) electrons. The van der Waals surface area contributed by atoms with Gasteiger partial charge in [0.1, 0.15) is 5.82 Å². The van der Waals surface area contributed by atoms with Crippen LogP contribution in [0.25, 0.3) is 0 Å². The summed E-state index contributed by atoms with van der Waals surface area (Å²) in [5, 5.41) is 6.03. The normalized spacial score (nSPS) is 10.2. The Morgan fingerprint density at radius 1 is 0.885 bits per heavy atom. The lowest BCUT2D eigenvalue weighted by Gasteiger charge is -2.11. The fourth-order valence-corrected chi connectivity index (χ4v) is 2.43. The van der Waals surface area contributed by atoms with E-state index >= 15 is 0 Å². The van der Waals surface area contributed by atoms with Crippen molar-refractivity contribution in [2.45, 2.75) is 6.92 Å². The quantitative estimate of drug-likeness (QED) is 0.712. The first-order valence-electron chi connectivity index (χ1n) is 7.93. The molecule has 130 valence electrons. The van der Waals surface area contributed by atoms with E-state index in [9.17, 15) is 9.59 Å². The number of nitrogens with one attached hydrogen (secondary N) is 2. The van der Waals surface area contributed by atoms with E-state index in [1.54, 1.807) is 54.6 Å². The van der Waals surface area contributed by atoms with Gasteiger partial charge in [-0.15, -0.1) is 0 Å². The van der Waals surface area contributed by atoms with Gasteiger partial charge in [-0.05, 0) is 48.9 Å². The van der Waals surface area contributed by atoms with Crippen molar-refractivity contribution in [1.82, 2.24) is 4.98 Å². The smallest absolute Gasteiger partial charge is 0.256 e. The van der Waals surface area contributed by atoms with Crippen molar-refractivity contribution in [1.29, 1.82) is 0 Å². The van der Waals surface area contributed by atoms with Crippen molar-refractivity contribution in [3.05, 3.63) is 88.6 Å². The van der Waals surface area contributed by atoms with Crippen LogP contribution in [0.5, 0.6) is 0 Å². The number of benzene rings is 2. The number of hydrogen-bond donors (Lipinski definition) is 2. The van der Waals surface area contributed by atoms with Crippen molar-refractivity contribution in [2.75, 3.05) is 10.6 Å². The maximum atomic E-state index is 12.4. The molecule has 26 heavy (non-hydrogen) atoms. The van der Waals surface area contributed by atoms with Crippen molar-refractivity contribution < 1.29 is 9.59 Å². The van der Waals surface area contributed by atoms with Crippen LogP contribution >= 0.6 is 11.6 Å². The second-order valence-corrected chi connectivity index (χ2v) is 6.10. The summed E-state index contributed by atoms with van der Waals surface area (Å²) in [6.07, 6.45) is 1.46. The highest BCUT2D eigenvalue weighted by atomic mass is 35.5. The van der Waals surface area contributed by atoms with Gasteiger partial charge in [-0.25, -0.2) is 4.98 Å². The summed E-state index contributed by atoms with van der Waals surface area (Å²) >= 11 is 5.79. The molecule has 0 aliphatic rings. The van der Waals surface area contributed by atoms with E-state index in [1.165, 1.54) is 6.20 Å². The molecule has 0 aliphatic heterocycles. The van der Waals surface area contributed by atoms with Gasteiger partial charge < -0.3 is 10.6 Å². The Kier molecular flexibility index (Phi) is 5.29. The number of hydrogen-bond acceptors (Lipinski definition) is 3. The molecule has 0 saturated heterocycles. The molecule has 2 aromatic carbocycles. The Morgan fingerprint density at radius 2 is 1.62 bits per heavy atom. The number of aromatic nitrogens is 1. The highest BCUT2D eigenvalue weighted by Crippen LogP contribution is 2.19. The SMILES string of the molecule is Cc1ccc(C(=O)Nc2ccc(Cl)cn2)cc1NC(=O)c1ccccc1. The van der Waals surface area contributed by atoms with Crippen molar-refractivity contribution in [2.24, 2.45) is 0 Å². The zero-order valence-corrected chi connectivity index (χ0v) is 14.7. The van der Waals surface area contributed by atoms with Gasteiger partial charge in [0, 0.05) is 23.0 Å². The van der Waals surface area contributed by atoms with E-state index in [0.717, 1.165) is 5.56 Å². The molecule has 0 unspecified atom stereocenters. The minimum absolute atomic E-state index is 0.231. The third-order valence-corrected chi connectivity index (χ3v) is 3.98. The van der Waals surface area contributed by atoms with Crippen LogP contribution in [0.3, 0.4) is 0 Å². The van der Waals surface area contributed by atoms with Crippen LogP contribution < -0.4 is 10.6 Å². The first kappa shape index (κ1) is 17.6. The summed E-state index contributed by atoms with van der Waals surface area (Å²) in [5.74, 6) is -0.157. The summed E-state index contributed by atoms with van der Waals surface area (Å²) in [6.45, 7) is 1.86. The van der Waals surface area contributed by atoms with E-state index in [-0.39, 0.29) is 11.8 Å². The lowest BCUT2D eigenvalue weighted by atomic mass is 10.1. The molecule has 2 amide bonds. The predicted molar refractivity (Wildman–Crippen MR) is 103 cm³/mol. The molecule has 0 atom stereocenters. The summed E-state index contributed by atoms with van der Waals surface area (Å²) < 4.78 is 0. The summed E-state index contributed by atoms with van der Waals surface area (Å²) in [6, 6.07) is 17.3. The number of anilines is 2. The summed E-state index contributed by atoms with van der Waals surface area (Å²) in [5.41, 5.74) is 2.40. The van der Waals surface area contributed by atoms with Crippen LogP contribution in [0.1, 0.15) is 26.3 Å². The molecule has 0 fully saturated rings. The van der Waals surface area contributed by atoms with E-state index in [4.69, 9.17) is 11.6 Å². The summed E-state index contributed by atoms with van der Waals surface area (Å²) in [4.78, 5) is 28.8. The van der Waals surface area contributed by atoms with Gasteiger partial charge in [0.25, 0.3) is 11.8 Å². The predicted octanol–water partition coefficient (Wildman–Crippen LogP) is 4.55. The molecular weight excluding hydrogens is 350 g/mol. The number of nitrogens with zero attached hydrogens (tertiary/aromatic N) is 1. The molecule has 5 nitrogen and oxygen atoms in total. The van der Waals surface area contributed by atoms with Crippen LogP contribution in [0.15, 0.2) is 66.9 Å². The minimum atomic E-state index is -0.324. The highest BCUT2D eigenvalue weighted by molar-refractivity contribution is 6.30. The number of carbonyl (C=O) groups is 2. The lowest BCUT2D eigenvalue weighted by Crippen LogP contribution is -2.16. The van der Waals surface area contributed by atoms with Crippen LogP contribution in [0, 0.1) is 6.92 Å². The first-order chi connectivity index (χ1) is 12.5. The van der Waals surface area contributed by atoms with E-state index in [1.807, 2.05) is 13.0 Å². The van der Waals surface area contributed by atoms with Gasteiger partial charge in [0.15, 0.2) is 0 Å². The highest BCUT2D eigenvalue weighted by Gasteiger charge is 2.12. The molecule has 0 spiro atoms. The minimum Gasteiger partial charge on any atom is -0.322 e. The van der Waals surface area contributed by atoms with Gasteiger partial charge in [0.2, 0.25) is 0 Å². The maximum Gasteiger partial charge on any atom is 0.256 e. The summed E-state index contributed by atoms with van der Waals surface area (Å²) in [7, 11) is 0. The molecule has 2 N–H and O–H groups in total. The van der Waals surface area contributed by atoms with Gasteiger partial charge in [-0.1, -0.05) is 35.9 Å². The molecule has 3 rings (SSSR count). The van der Waals surface area contributed by atoms with Crippen molar-refractivity contribution in [3.8, 4) is 0 Å². The lowest BCUT2D eigenvalue weighted by molar-refractivity contribution is 0.101. The molecule has 0 aliphatic carbocycles. The molecule has 3 aromatic rings. The molecule has 6 heteroatoms. The zero-order chi connectivity index (χ0) is 18.5. The Hall–Kier alpha value is -3.18. The van der Waals surface area contributed by atoms with Gasteiger partial charge in [-0.2, -0.15) is 0 Å². The van der Waals surface area contributed by atoms with Crippen LogP contribution in [0.4, 0.5) is 11.5 Å². The molecular formula is C20H16ClN3O2. The Morgan fingerprint density at radius 3 is 2.31 bits per heavy atom. The monoisotopic (exact) mass is 365 g/mol. The van der Waals surface area contributed by atoms with E-state index in [2.05, 4.69) is 15.6 Å². The van der Waals surface area contributed by atoms with Gasteiger partial charge in [0.05, 0.1) is 5.02 Å².